The summed E-state index contributed by atoms with van der Waals surface area (Å²) in [5, 5.41) is 2.77. The number of nitrogens with zero attached hydrogens (tertiary/aromatic N) is 1. The monoisotopic (exact) mass is 326 g/mol. The van der Waals surface area contributed by atoms with Crippen LogP contribution in [-0.2, 0) is 10.8 Å². The number of carbonyl (C=O) groups excluding carboxylic acids is 1. The molecule has 124 valence electrons. The van der Waals surface area contributed by atoms with Crippen molar-refractivity contribution in [2.75, 3.05) is 32.5 Å². The van der Waals surface area contributed by atoms with Crippen LogP contribution in [0.4, 0.5) is 4.79 Å². The maximum Gasteiger partial charge on any atom is 0.317 e. The zero-order valence-electron chi connectivity index (χ0n) is 13.8. The maximum atomic E-state index is 11.9. The molecule has 0 spiro atoms. The summed E-state index contributed by atoms with van der Waals surface area (Å²) < 4.78 is 17.2. The summed E-state index contributed by atoms with van der Waals surface area (Å²) in [6.45, 7) is 7.12. The van der Waals surface area contributed by atoms with E-state index in [-0.39, 0.29) is 10.8 Å². The first kappa shape index (κ1) is 18.5. The van der Waals surface area contributed by atoms with E-state index in [1.54, 1.807) is 11.9 Å². The number of hydrogen-bond donors (Lipinski definition) is 1. The number of benzene rings is 1. The first-order valence-corrected chi connectivity index (χ1v) is 8.68. The van der Waals surface area contributed by atoms with Gasteiger partial charge < -0.3 is 15.0 Å². The van der Waals surface area contributed by atoms with Gasteiger partial charge >= 0.3 is 6.03 Å². The van der Waals surface area contributed by atoms with Crippen molar-refractivity contribution in [1.82, 2.24) is 10.2 Å². The van der Waals surface area contributed by atoms with Crippen molar-refractivity contribution in [1.29, 1.82) is 0 Å². The van der Waals surface area contributed by atoms with E-state index in [4.69, 9.17) is 4.74 Å². The van der Waals surface area contributed by atoms with Gasteiger partial charge in [0, 0.05) is 34.9 Å². The predicted molar refractivity (Wildman–Crippen MR) is 90.7 cm³/mol. The minimum Gasteiger partial charge on any atom is -0.492 e. The molecule has 1 rings (SSSR count). The number of ether oxygens (including phenoxy) is 1. The van der Waals surface area contributed by atoms with Crippen LogP contribution in [0, 0.1) is 0 Å². The highest BCUT2D eigenvalue weighted by atomic mass is 32.2. The van der Waals surface area contributed by atoms with E-state index >= 15 is 0 Å². The number of rotatable bonds is 7. The molecule has 1 unspecified atom stereocenters. The van der Waals surface area contributed by atoms with Gasteiger partial charge in [0.1, 0.15) is 12.4 Å². The lowest BCUT2D eigenvalue weighted by molar-refractivity contribution is 0.196. The summed E-state index contributed by atoms with van der Waals surface area (Å²) in [6.07, 6.45) is 0. The SMILES string of the molecule is CN(CCOc1ccccc1)C(=O)NCCS(=O)C(C)(C)C. The molecule has 0 radical (unpaired) electrons. The van der Waals surface area contributed by atoms with Gasteiger partial charge in [0.25, 0.3) is 0 Å². The van der Waals surface area contributed by atoms with Crippen molar-refractivity contribution in [3.63, 3.8) is 0 Å². The van der Waals surface area contributed by atoms with Crippen LogP contribution in [0.2, 0.25) is 0 Å². The van der Waals surface area contributed by atoms with E-state index in [1.807, 2.05) is 51.1 Å². The number of para-hydroxylation sites is 1. The summed E-state index contributed by atoms with van der Waals surface area (Å²) in [7, 11) is 0.758. The lowest BCUT2D eigenvalue weighted by atomic mass is 10.3. The Morgan fingerprint density at radius 3 is 2.50 bits per heavy atom. The first-order chi connectivity index (χ1) is 10.3. The van der Waals surface area contributed by atoms with Gasteiger partial charge in [0.15, 0.2) is 0 Å². The summed E-state index contributed by atoms with van der Waals surface area (Å²) in [4.78, 5) is 13.4. The third-order valence-corrected chi connectivity index (χ3v) is 4.97. The van der Waals surface area contributed by atoms with Crippen LogP contribution in [0.1, 0.15) is 20.8 Å². The molecule has 1 N–H and O–H groups in total. The van der Waals surface area contributed by atoms with Crippen molar-refractivity contribution < 1.29 is 13.7 Å². The standard InChI is InChI=1S/C16H26N2O3S/c1-16(2,3)22(20)13-10-17-15(19)18(4)11-12-21-14-8-6-5-7-9-14/h5-9H,10-13H2,1-4H3,(H,17,19). The number of likely N-dealkylation sites (N-methyl/N-ethyl adjacent to an activating group) is 1. The van der Waals surface area contributed by atoms with Gasteiger partial charge in [-0.05, 0) is 32.9 Å². The van der Waals surface area contributed by atoms with Crippen molar-refractivity contribution in [2.24, 2.45) is 0 Å². The molecule has 0 aliphatic rings. The fraction of sp³-hybridized carbons (Fsp3) is 0.562. The quantitative estimate of drug-likeness (QED) is 0.836. The predicted octanol–water partition coefficient (Wildman–Crippen LogP) is 2.25. The van der Waals surface area contributed by atoms with Gasteiger partial charge in [-0.3, -0.25) is 4.21 Å². The minimum absolute atomic E-state index is 0.178. The first-order valence-electron chi connectivity index (χ1n) is 7.36. The fourth-order valence-electron chi connectivity index (χ4n) is 1.61. The van der Waals surface area contributed by atoms with E-state index in [0.717, 1.165) is 5.75 Å². The van der Waals surface area contributed by atoms with Crippen molar-refractivity contribution in [3.8, 4) is 5.75 Å². The van der Waals surface area contributed by atoms with E-state index in [1.165, 1.54) is 0 Å². The largest absolute Gasteiger partial charge is 0.492 e. The Hall–Kier alpha value is -1.56. The van der Waals surface area contributed by atoms with Crippen molar-refractivity contribution >= 4 is 16.8 Å². The third kappa shape index (κ3) is 6.93. The van der Waals surface area contributed by atoms with Crippen LogP contribution in [-0.4, -0.2) is 52.4 Å². The molecule has 0 aromatic heterocycles. The minimum atomic E-state index is -0.955. The van der Waals surface area contributed by atoms with Gasteiger partial charge in [-0.1, -0.05) is 18.2 Å². The number of nitrogens with one attached hydrogen (secondary N) is 1. The van der Waals surface area contributed by atoms with Crippen LogP contribution < -0.4 is 10.1 Å². The molecule has 0 fully saturated rings. The smallest absolute Gasteiger partial charge is 0.317 e. The Bertz CT molecular complexity index is 486. The topological polar surface area (TPSA) is 58.6 Å². The second kappa shape index (κ2) is 8.78. The molecule has 2 amide bonds. The maximum absolute atomic E-state index is 11.9. The van der Waals surface area contributed by atoms with E-state index in [9.17, 15) is 9.00 Å². The summed E-state index contributed by atoms with van der Waals surface area (Å²) >= 11 is 0. The molecule has 22 heavy (non-hydrogen) atoms. The average Bonchev–Trinajstić information content (AvgIpc) is 2.47. The van der Waals surface area contributed by atoms with Crippen LogP contribution in [0.3, 0.4) is 0 Å². The van der Waals surface area contributed by atoms with Crippen LogP contribution in [0.25, 0.3) is 0 Å². The molecule has 0 saturated carbocycles. The van der Waals surface area contributed by atoms with Gasteiger partial charge in [-0.2, -0.15) is 0 Å². The number of carbonyl (C=O) groups is 1. The molecule has 1 aromatic carbocycles. The lowest BCUT2D eigenvalue weighted by Gasteiger charge is -2.20. The average molecular weight is 326 g/mol. The molecular weight excluding hydrogens is 300 g/mol. The van der Waals surface area contributed by atoms with Gasteiger partial charge in [0.05, 0.1) is 6.54 Å². The van der Waals surface area contributed by atoms with E-state index < -0.39 is 10.8 Å². The van der Waals surface area contributed by atoms with Gasteiger partial charge in [-0.15, -0.1) is 0 Å². The highest BCUT2D eigenvalue weighted by Crippen LogP contribution is 2.10. The second-order valence-electron chi connectivity index (χ2n) is 5.98. The van der Waals surface area contributed by atoms with Crippen LogP contribution >= 0.6 is 0 Å². The van der Waals surface area contributed by atoms with Crippen LogP contribution in [0.15, 0.2) is 30.3 Å². The van der Waals surface area contributed by atoms with Crippen LogP contribution in [0.5, 0.6) is 5.75 Å². The Balaban J connectivity index is 2.21. The zero-order valence-corrected chi connectivity index (χ0v) is 14.6. The van der Waals surface area contributed by atoms with E-state index in [2.05, 4.69) is 5.32 Å². The Kier molecular flexibility index (Phi) is 7.38. The molecule has 6 heteroatoms. The summed E-state index contributed by atoms with van der Waals surface area (Å²) in [5.74, 6) is 1.25. The Labute approximate surface area is 135 Å². The van der Waals surface area contributed by atoms with Gasteiger partial charge in [0.2, 0.25) is 0 Å². The van der Waals surface area contributed by atoms with Gasteiger partial charge in [-0.25, -0.2) is 4.79 Å². The molecule has 0 bridgehead atoms. The van der Waals surface area contributed by atoms with E-state index in [0.29, 0.717) is 25.4 Å². The molecule has 0 heterocycles. The molecule has 0 aliphatic carbocycles. The highest BCUT2D eigenvalue weighted by Gasteiger charge is 2.19. The molecule has 1 atom stereocenters. The number of amides is 2. The summed E-state index contributed by atoms with van der Waals surface area (Å²) in [6, 6.07) is 9.31. The molecule has 0 aliphatic heterocycles. The fourth-order valence-corrected chi connectivity index (χ4v) is 2.51. The zero-order chi connectivity index (χ0) is 16.6. The second-order valence-corrected chi connectivity index (χ2v) is 8.30. The Morgan fingerprint density at radius 2 is 1.91 bits per heavy atom. The lowest BCUT2D eigenvalue weighted by Crippen LogP contribution is -2.41. The normalized spacial score (nSPS) is 12.5. The molecule has 0 saturated heterocycles. The van der Waals surface area contributed by atoms with Crippen molar-refractivity contribution in [2.45, 2.75) is 25.5 Å². The highest BCUT2D eigenvalue weighted by molar-refractivity contribution is 7.86. The number of hydrogen-bond acceptors (Lipinski definition) is 3. The third-order valence-electron chi connectivity index (χ3n) is 3.03. The number of urea groups is 1. The molecule has 1 aromatic rings. The summed E-state index contributed by atoms with van der Waals surface area (Å²) in [5.41, 5.74) is 0. The molecule has 5 nitrogen and oxygen atoms in total. The van der Waals surface area contributed by atoms with Crippen molar-refractivity contribution in [3.05, 3.63) is 30.3 Å². The Morgan fingerprint density at radius 1 is 1.27 bits per heavy atom. The molecular formula is C16H26N2O3S.